The molecule has 0 aromatic heterocycles. The van der Waals surface area contributed by atoms with Gasteiger partial charge in [-0.1, -0.05) is 30.3 Å². The number of carbonyl (C=O) groups is 3. The van der Waals surface area contributed by atoms with Crippen molar-refractivity contribution in [3.63, 3.8) is 0 Å². The summed E-state index contributed by atoms with van der Waals surface area (Å²) in [6.07, 6.45) is 0.593. The maximum atomic E-state index is 12.5. The van der Waals surface area contributed by atoms with Crippen molar-refractivity contribution in [2.75, 3.05) is 6.54 Å². The molecule has 0 aliphatic carbocycles. The first-order valence-electron chi connectivity index (χ1n) is 8.75. The molecule has 2 heterocycles. The number of fused-ring (bicyclic) bond motifs is 1. The number of aliphatic carboxylic acids is 1. The molecule has 27 heavy (non-hydrogen) atoms. The number of nitrogens with one attached hydrogen (secondary N) is 1. The summed E-state index contributed by atoms with van der Waals surface area (Å²) in [4.78, 5) is 38.4. The van der Waals surface area contributed by atoms with E-state index in [1.54, 1.807) is 0 Å². The lowest BCUT2D eigenvalue weighted by molar-refractivity contribution is -0.152. The Kier molecular flexibility index (Phi) is 5.30. The Bertz CT molecular complexity index is 806. The number of amides is 2. The maximum absolute atomic E-state index is 12.5. The quantitative estimate of drug-likeness (QED) is 0.602. The van der Waals surface area contributed by atoms with E-state index in [0.29, 0.717) is 17.9 Å². The molecule has 0 bridgehead atoms. The van der Waals surface area contributed by atoms with Crippen LogP contribution in [0.3, 0.4) is 0 Å². The second kappa shape index (κ2) is 7.36. The van der Waals surface area contributed by atoms with Crippen LogP contribution in [0.15, 0.2) is 40.9 Å². The molecule has 2 amide bonds. The first-order valence-corrected chi connectivity index (χ1v) is 9.57. The van der Waals surface area contributed by atoms with Gasteiger partial charge in [0.2, 0.25) is 5.91 Å². The number of carbonyl (C=O) groups excluding carboxylic acids is 2. The number of hydrogen-bond donors (Lipinski definition) is 3. The van der Waals surface area contributed by atoms with Crippen molar-refractivity contribution in [3.8, 4) is 0 Å². The number of hydrogen-bond acceptors (Lipinski definition) is 5. The smallest absolute Gasteiger partial charge is 0.353 e. The summed E-state index contributed by atoms with van der Waals surface area (Å²) in [5.41, 5.74) is 6.63. The largest absolute Gasteiger partial charge is 0.477 e. The minimum absolute atomic E-state index is 0.0186. The summed E-state index contributed by atoms with van der Waals surface area (Å²) in [6, 6.07) is 8.22. The highest BCUT2D eigenvalue weighted by Gasteiger charge is 2.56. The number of β-lactam (4-membered cyclic amide) rings is 1. The van der Waals surface area contributed by atoms with Crippen LogP contribution in [-0.2, 0) is 20.8 Å². The summed E-state index contributed by atoms with van der Waals surface area (Å²) >= 11 is 1.39. The van der Waals surface area contributed by atoms with Gasteiger partial charge in [-0.25, -0.2) is 4.79 Å². The Morgan fingerprint density at radius 1 is 1.33 bits per heavy atom. The Morgan fingerprint density at radius 2 is 2.00 bits per heavy atom. The molecular weight excluding hydrogens is 366 g/mol. The van der Waals surface area contributed by atoms with E-state index >= 15 is 0 Å². The van der Waals surface area contributed by atoms with Crippen LogP contribution in [0.1, 0.15) is 25.8 Å². The molecule has 1 aromatic rings. The molecule has 8 heteroatoms. The molecule has 7 nitrogen and oxygen atoms in total. The molecule has 0 radical (unpaired) electrons. The number of carboxylic acid groups (broad SMARTS) is 1. The van der Waals surface area contributed by atoms with Gasteiger partial charge < -0.3 is 16.2 Å². The highest BCUT2D eigenvalue weighted by atomic mass is 32.2. The van der Waals surface area contributed by atoms with E-state index in [1.165, 1.54) is 16.7 Å². The molecule has 1 fully saturated rings. The number of nitrogens with two attached hydrogens (primary N) is 1. The Labute approximate surface area is 162 Å². The normalized spacial score (nSPS) is 21.7. The van der Waals surface area contributed by atoms with Crippen LogP contribution in [-0.4, -0.2) is 51.2 Å². The van der Waals surface area contributed by atoms with Crippen molar-refractivity contribution in [2.24, 2.45) is 5.73 Å². The van der Waals surface area contributed by atoms with Crippen LogP contribution in [0.4, 0.5) is 0 Å². The topological polar surface area (TPSA) is 113 Å². The fourth-order valence-corrected chi connectivity index (χ4v) is 4.59. The summed E-state index contributed by atoms with van der Waals surface area (Å²) in [5, 5.41) is 12.3. The lowest BCUT2D eigenvalue weighted by Crippen LogP contribution is -2.68. The van der Waals surface area contributed by atoms with Crippen LogP contribution in [0.25, 0.3) is 0 Å². The molecule has 144 valence electrons. The maximum Gasteiger partial charge on any atom is 0.353 e. The van der Waals surface area contributed by atoms with Crippen LogP contribution in [0.5, 0.6) is 0 Å². The van der Waals surface area contributed by atoms with E-state index in [9.17, 15) is 19.5 Å². The summed E-state index contributed by atoms with van der Waals surface area (Å²) in [7, 11) is 0. The van der Waals surface area contributed by atoms with Crippen LogP contribution >= 0.6 is 11.8 Å². The first kappa shape index (κ1) is 19.4. The van der Waals surface area contributed by atoms with Gasteiger partial charge in [-0.2, -0.15) is 0 Å². The zero-order chi connectivity index (χ0) is 19.8. The Hall–Kier alpha value is -2.32. The Balaban J connectivity index is 1.70. The van der Waals surface area contributed by atoms with Gasteiger partial charge in [0.05, 0.1) is 12.5 Å². The lowest BCUT2D eigenvalue weighted by Gasteiger charge is -2.43. The third-order valence-electron chi connectivity index (χ3n) is 4.74. The molecular formula is C19H23N3O4S. The third-order valence-corrected chi connectivity index (χ3v) is 6.06. The summed E-state index contributed by atoms with van der Waals surface area (Å²) < 4.78 is -0.337. The predicted octanol–water partition coefficient (Wildman–Crippen LogP) is 1.10. The molecule has 1 saturated heterocycles. The van der Waals surface area contributed by atoms with Gasteiger partial charge in [-0.05, 0) is 19.4 Å². The highest BCUT2D eigenvalue weighted by molar-refractivity contribution is 8.04. The fourth-order valence-electron chi connectivity index (χ4n) is 3.30. The second-order valence-corrected chi connectivity index (χ2v) is 9.13. The molecule has 3 rings (SSSR count). The monoisotopic (exact) mass is 389 g/mol. The van der Waals surface area contributed by atoms with E-state index in [-0.39, 0.29) is 34.7 Å². The van der Waals surface area contributed by atoms with Crippen molar-refractivity contribution in [1.29, 1.82) is 0 Å². The number of thioether (sulfide) groups is 1. The third kappa shape index (κ3) is 3.86. The van der Waals surface area contributed by atoms with Gasteiger partial charge in [-0.15, -0.1) is 11.8 Å². The van der Waals surface area contributed by atoms with Crippen LogP contribution in [0.2, 0.25) is 0 Å². The SMILES string of the molecule is CC(C)(CN)SC1=C(C(=O)O)N2C(=O)C(NC(=O)Cc3ccccc3)C2C1. The van der Waals surface area contributed by atoms with Gasteiger partial charge in [-0.3, -0.25) is 14.5 Å². The summed E-state index contributed by atoms with van der Waals surface area (Å²) in [6.45, 7) is 4.24. The van der Waals surface area contributed by atoms with Crippen molar-refractivity contribution in [2.45, 2.75) is 43.5 Å². The predicted molar refractivity (Wildman–Crippen MR) is 103 cm³/mol. The van der Waals surface area contributed by atoms with Gasteiger partial charge in [0, 0.05) is 22.6 Å². The second-order valence-electron chi connectivity index (χ2n) is 7.33. The van der Waals surface area contributed by atoms with Crippen molar-refractivity contribution in [3.05, 3.63) is 46.5 Å². The van der Waals surface area contributed by atoms with Crippen LogP contribution < -0.4 is 11.1 Å². The van der Waals surface area contributed by atoms with E-state index in [2.05, 4.69) is 5.32 Å². The zero-order valence-corrected chi connectivity index (χ0v) is 16.1. The molecule has 0 saturated carbocycles. The lowest BCUT2D eigenvalue weighted by atomic mass is 9.95. The molecule has 2 aliphatic rings. The number of carboxylic acids is 1. The average molecular weight is 389 g/mol. The van der Waals surface area contributed by atoms with E-state index < -0.39 is 12.0 Å². The fraction of sp³-hybridized carbons (Fsp3) is 0.421. The minimum Gasteiger partial charge on any atom is -0.477 e. The van der Waals surface area contributed by atoms with Gasteiger partial charge >= 0.3 is 5.97 Å². The van der Waals surface area contributed by atoms with Gasteiger partial charge in [0.25, 0.3) is 5.91 Å². The summed E-state index contributed by atoms with van der Waals surface area (Å²) in [5.74, 6) is -1.75. The van der Waals surface area contributed by atoms with Crippen LogP contribution in [0, 0.1) is 0 Å². The molecule has 2 atom stereocenters. The van der Waals surface area contributed by atoms with Crippen molar-refractivity contribution >= 4 is 29.5 Å². The zero-order valence-electron chi connectivity index (χ0n) is 15.3. The average Bonchev–Trinajstić information content (AvgIpc) is 2.95. The minimum atomic E-state index is -1.13. The molecule has 2 unspecified atom stereocenters. The number of nitrogens with zero attached hydrogens (tertiary/aromatic N) is 1. The number of benzene rings is 1. The standard InChI is InChI=1S/C19H23N3O4S/c1-19(2,10-20)27-13-9-12-15(17(24)22(12)16(13)18(25)26)21-14(23)8-11-6-4-3-5-7-11/h3-7,12,15H,8-10,20H2,1-2H3,(H,21,23)(H,25,26). The first-order chi connectivity index (χ1) is 12.7. The molecule has 2 aliphatic heterocycles. The Morgan fingerprint density at radius 3 is 2.59 bits per heavy atom. The van der Waals surface area contributed by atoms with Crippen molar-refractivity contribution in [1.82, 2.24) is 10.2 Å². The molecule has 4 N–H and O–H groups in total. The van der Waals surface area contributed by atoms with E-state index in [1.807, 2.05) is 44.2 Å². The van der Waals surface area contributed by atoms with Gasteiger partial charge in [0.15, 0.2) is 0 Å². The van der Waals surface area contributed by atoms with E-state index in [0.717, 1.165) is 5.56 Å². The molecule has 0 spiro atoms. The number of rotatable bonds is 7. The molecule has 1 aromatic carbocycles. The van der Waals surface area contributed by atoms with E-state index in [4.69, 9.17) is 5.73 Å². The van der Waals surface area contributed by atoms with Crippen molar-refractivity contribution < 1.29 is 19.5 Å². The van der Waals surface area contributed by atoms with Gasteiger partial charge in [0.1, 0.15) is 11.7 Å². The highest BCUT2D eigenvalue weighted by Crippen LogP contribution is 2.46.